The Kier molecular flexibility index (Phi) is 5.78. The topological polar surface area (TPSA) is 32.3 Å². The summed E-state index contributed by atoms with van der Waals surface area (Å²) in [6.45, 7) is 8.44. The summed E-state index contributed by atoms with van der Waals surface area (Å²) < 4.78 is 13.1. The van der Waals surface area contributed by atoms with Crippen LogP contribution in [0.2, 0.25) is 5.02 Å². The van der Waals surface area contributed by atoms with Crippen molar-refractivity contribution in [3.05, 3.63) is 34.6 Å². The number of rotatable bonds is 6. The van der Waals surface area contributed by atoms with E-state index in [0.717, 1.165) is 12.0 Å². The maximum atomic E-state index is 13.1. The van der Waals surface area contributed by atoms with Crippen LogP contribution in [-0.4, -0.2) is 17.3 Å². The maximum Gasteiger partial charge on any atom is 0.141 e. The lowest BCUT2D eigenvalue weighted by Gasteiger charge is -2.27. The molecule has 4 heteroatoms. The largest absolute Gasteiger partial charge is 0.389 e. The highest BCUT2D eigenvalue weighted by molar-refractivity contribution is 6.30. The van der Waals surface area contributed by atoms with Crippen molar-refractivity contribution in [2.45, 2.75) is 45.8 Å². The minimum Gasteiger partial charge on any atom is -0.389 e. The summed E-state index contributed by atoms with van der Waals surface area (Å²) >= 11 is 5.76. The first-order chi connectivity index (χ1) is 8.71. The Morgan fingerprint density at radius 2 is 2.00 bits per heavy atom. The smallest absolute Gasteiger partial charge is 0.141 e. The second-order valence-electron chi connectivity index (χ2n) is 5.87. The highest BCUT2D eigenvalue weighted by Gasteiger charge is 2.22. The highest BCUT2D eigenvalue weighted by atomic mass is 35.5. The first kappa shape index (κ1) is 16.4. The molecule has 2 unspecified atom stereocenters. The molecule has 0 aliphatic carbocycles. The van der Waals surface area contributed by atoms with Gasteiger partial charge in [0.1, 0.15) is 5.82 Å². The molecule has 108 valence electrons. The molecule has 0 heterocycles. The van der Waals surface area contributed by atoms with E-state index in [4.69, 9.17) is 11.6 Å². The van der Waals surface area contributed by atoms with E-state index in [1.807, 2.05) is 13.8 Å². The number of nitrogens with one attached hydrogen (secondary N) is 1. The summed E-state index contributed by atoms with van der Waals surface area (Å²) in [5.41, 5.74) is 0.165. The third-order valence-corrected chi connectivity index (χ3v) is 3.37. The summed E-state index contributed by atoms with van der Waals surface area (Å²) in [6.07, 6.45) is 0.733. The summed E-state index contributed by atoms with van der Waals surface area (Å²) in [7, 11) is 0. The molecule has 0 aliphatic rings. The fourth-order valence-electron chi connectivity index (χ4n) is 2.22. The zero-order chi connectivity index (χ0) is 14.6. The monoisotopic (exact) mass is 287 g/mol. The third-order valence-electron chi connectivity index (χ3n) is 3.08. The van der Waals surface area contributed by atoms with Crippen molar-refractivity contribution in [1.82, 2.24) is 5.32 Å². The van der Waals surface area contributed by atoms with Gasteiger partial charge < -0.3 is 10.4 Å². The second kappa shape index (κ2) is 6.69. The van der Waals surface area contributed by atoms with E-state index >= 15 is 0 Å². The van der Waals surface area contributed by atoms with Gasteiger partial charge in [0.2, 0.25) is 0 Å². The van der Waals surface area contributed by atoms with E-state index in [1.165, 1.54) is 6.07 Å². The first-order valence-electron chi connectivity index (χ1n) is 6.62. The fraction of sp³-hybridized carbons (Fsp3) is 0.600. The number of hydrogen-bond donors (Lipinski definition) is 2. The van der Waals surface area contributed by atoms with Gasteiger partial charge in [-0.3, -0.25) is 0 Å². The molecular formula is C15H23ClFNO. The Morgan fingerprint density at radius 1 is 1.37 bits per heavy atom. The van der Waals surface area contributed by atoms with Crippen molar-refractivity contribution >= 4 is 11.6 Å². The molecule has 0 aliphatic heterocycles. The SMILES string of the molecule is CC(C)CC(C)(O)CNC(C)c1ccc(F)c(Cl)c1. The van der Waals surface area contributed by atoms with Crippen LogP contribution in [0, 0.1) is 11.7 Å². The van der Waals surface area contributed by atoms with Crippen LogP contribution >= 0.6 is 11.6 Å². The van der Waals surface area contributed by atoms with Gasteiger partial charge in [-0.1, -0.05) is 31.5 Å². The minimum atomic E-state index is -0.744. The molecule has 1 rings (SSSR count). The normalized spacial score (nSPS) is 16.4. The number of aliphatic hydroxyl groups is 1. The Bertz CT molecular complexity index is 421. The van der Waals surface area contributed by atoms with Crippen LogP contribution in [0.4, 0.5) is 4.39 Å². The summed E-state index contributed by atoms with van der Waals surface area (Å²) in [4.78, 5) is 0. The number of halogens is 2. The van der Waals surface area contributed by atoms with Gasteiger partial charge in [0.15, 0.2) is 0 Å². The highest BCUT2D eigenvalue weighted by Crippen LogP contribution is 2.22. The predicted molar refractivity (Wildman–Crippen MR) is 77.9 cm³/mol. The van der Waals surface area contributed by atoms with Crippen molar-refractivity contribution in [1.29, 1.82) is 0 Å². The molecule has 1 aromatic rings. The van der Waals surface area contributed by atoms with Gasteiger partial charge >= 0.3 is 0 Å². The summed E-state index contributed by atoms with van der Waals surface area (Å²) in [5.74, 6) is 0.0248. The predicted octanol–water partition coefficient (Wildman–Crippen LogP) is 3.93. The summed E-state index contributed by atoms with van der Waals surface area (Å²) in [5, 5.41) is 13.6. The lowest BCUT2D eigenvalue weighted by molar-refractivity contribution is 0.0363. The van der Waals surface area contributed by atoms with E-state index in [2.05, 4.69) is 19.2 Å². The van der Waals surface area contributed by atoms with Gasteiger partial charge in [-0.2, -0.15) is 0 Å². The number of benzene rings is 1. The molecule has 0 fully saturated rings. The molecule has 0 aromatic heterocycles. The van der Waals surface area contributed by atoms with Crippen LogP contribution in [0.3, 0.4) is 0 Å². The van der Waals surface area contributed by atoms with E-state index in [0.29, 0.717) is 12.5 Å². The molecule has 0 saturated heterocycles. The van der Waals surface area contributed by atoms with Crippen LogP contribution in [-0.2, 0) is 0 Å². The zero-order valence-electron chi connectivity index (χ0n) is 12.0. The lowest BCUT2D eigenvalue weighted by Crippen LogP contribution is -2.39. The summed E-state index contributed by atoms with van der Waals surface area (Å²) in [6, 6.07) is 4.70. The average molecular weight is 288 g/mol. The fourth-order valence-corrected chi connectivity index (χ4v) is 2.41. The van der Waals surface area contributed by atoms with Gasteiger partial charge in [0.25, 0.3) is 0 Å². The van der Waals surface area contributed by atoms with Crippen molar-refractivity contribution in [2.75, 3.05) is 6.54 Å². The van der Waals surface area contributed by atoms with Crippen molar-refractivity contribution < 1.29 is 9.50 Å². The van der Waals surface area contributed by atoms with E-state index < -0.39 is 11.4 Å². The standard InChI is InChI=1S/C15H23ClFNO/c1-10(2)8-15(4,19)9-18-11(3)12-5-6-14(17)13(16)7-12/h5-7,10-11,18-19H,8-9H2,1-4H3. The van der Waals surface area contributed by atoms with E-state index in [1.54, 1.807) is 12.1 Å². The van der Waals surface area contributed by atoms with Gasteiger partial charge in [0.05, 0.1) is 10.6 Å². The minimum absolute atomic E-state index is 0.0109. The van der Waals surface area contributed by atoms with Crippen LogP contribution in [0.25, 0.3) is 0 Å². The van der Waals surface area contributed by atoms with Gasteiger partial charge in [-0.15, -0.1) is 0 Å². The maximum absolute atomic E-state index is 13.1. The van der Waals surface area contributed by atoms with E-state index in [9.17, 15) is 9.50 Å². The first-order valence-corrected chi connectivity index (χ1v) is 7.00. The van der Waals surface area contributed by atoms with Gasteiger partial charge in [-0.25, -0.2) is 4.39 Å². The van der Waals surface area contributed by atoms with Gasteiger partial charge in [-0.05, 0) is 43.9 Å². The van der Waals surface area contributed by atoms with Gasteiger partial charge in [0, 0.05) is 12.6 Å². The Morgan fingerprint density at radius 3 is 2.53 bits per heavy atom. The molecule has 1 aromatic carbocycles. The van der Waals surface area contributed by atoms with Crippen LogP contribution in [0.15, 0.2) is 18.2 Å². The molecule has 0 radical (unpaired) electrons. The van der Waals surface area contributed by atoms with Crippen LogP contribution < -0.4 is 5.32 Å². The van der Waals surface area contributed by atoms with Crippen molar-refractivity contribution in [3.63, 3.8) is 0 Å². The molecule has 2 atom stereocenters. The van der Waals surface area contributed by atoms with Crippen molar-refractivity contribution in [2.24, 2.45) is 5.92 Å². The number of hydrogen-bond acceptors (Lipinski definition) is 2. The molecule has 2 N–H and O–H groups in total. The molecule has 0 spiro atoms. The molecular weight excluding hydrogens is 265 g/mol. The molecule has 0 saturated carbocycles. The van der Waals surface area contributed by atoms with Crippen LogP contribution in [0.5, 0.6) is 0 Å². The molecule has 19 heavy (non-hydrogen) atoms. The Labute approximate surface area is 120 Å². The molecule has 2 nitrogen and oxygen atoms in total. The molecule has 0 bridgehead atoms. The third kappa shape index (κ3) is 5.47. The Hall–Kier alpha value is -0.640. The Balaban J connectivity index is 2.59. The van der Waals surface area contributed by atoms with E-state index in [-0.39, 0.29) is 11.1 Å². The second-order valence-corrected chi connectivity index (χ2v) is 6.28. The zero-order valence-corrected chi connectivity index (χ0v) is 12.8. The molecule has 0 amide bonds. The average Bonchev–Trinajstić information content (AvgIpc) is 2.28. The quantitative estimate of drug-likeness (QED) is 0.831. The lowest BCUT2D eigenvalue weighted by atomic mass is 9.94. The van der Waals surface area contributed by atoms with Crippen LogP contribution in [0.1, 0.15) is 45.7 Å². The van der Waals surface area contributed by atoms with Crippen molar-refractivity contribution in [3.8, 4) is 0 Å².